The highest BCUT2D eigenvalue weighted by molar-refractivity contribution is 6.00. The maximum atomic E-state index is 9.19. The lowest BCUT2D eigenvalue weighted by atomic mass is 10.0. The van der Waals surface area contributed by atoms with E-state index >= 15 is 0 Å². The van der Waals surface area contributed by atoms with Crippen LogP contribution >= 0.6 is 0 Å². The number of fused-ring (bicyclic) bond motifs is 1. The molecule has 1 heterocycles. The molecule has 1 aliphatic rings. The molecular weight excluding hydrogens is 312 g/mol. The monoisotopic (exact) mass is 338 g/mol. The Balaban J connectivity index is 1.90. The van der Waals surface area contributed by atoms with Crippen molar-refractivity contribution in [2.24, 2.45) is 11.1 Å². The predicted molar refractivity (Wildman–Crippen MR) is 100 cm³/mol. The first-order valence-electron chi connectivity index (χ1n) is 9.00. The minimum Gasteiger partial charge on any atom is -0.411 e. The number of nitrogens with one attached hydrogen (secondary N) is 1. The van der Waals surface area contributed by atoms with Crippen LogP contribution in [-0.2, 0) is 12.8 Å². The second kappa shape index (κ2) is 7.21. The molecule has 3 rings (SSSR count). The Kier molecular flexibility index (Phi) is 5.02. The molecule has 0 amide bonds. The highest BCUT2D eigenvalue weighted by atomic mass is 16.4. The first kappa shape index (κ1) is 17.4. The van der Waals surface area contributed by atoms with Gasteiger partial charge in [0, 0.05) is 11.8 Å². The first-order chi connectivity index (χ1) is 12.1. The normalized spacial score (nSPS) is 19.8. The van der Waals surface area contributed by atoms with E-state index in [1.807, 2.05) is 6.92 Å². The van der Waals surface area contributed by atoms with Crippen molar-refractivity contribution in [3.8, 4) is 0 Å². The summed E-state index contributed by atoms with van der Waals surface area (Å²) in [6.07, 6.45) is 4.25. The van der Waals surface area contributed by atoms with Crippen molar-refractivity contribution in [2.45, 2.75) is 53.0 Å². The number of nitrogens with zero attached hydrogens (tertiary/aromatic N) is 3. The van der Waals surface area contributed by atoms with Crippen molar-refractivity contribution in [3.63, 3.8) is 0 Å². The van der Waals surface area contributed by atoms with Gasteiger partial charge in [-0.15, -0.1) is 0 Å². The van der Waals surface area contributed by atoms with Crippen LogP contribution in [0.5, 0.6) is 0 Å². The molecule has 0 bridgehead atoms. The van der Waals surface area contributed by atoms with Crippen molar-refractivity contribution in [2.75, 3.05) is 5.32 Å². The molecular formula is C20H26N4O. The Labute approximate surface area is 149 Å². The molecule has 0 unspecified atom stereocenters. The van der Waals surface area contributed by atoms with Gasteiger partial charge in [0.25, 0.3) is 0 Å². The molecule has 2 N–H and O–H groups in total. The maximum absolute atomic E-state index is 9.19. The zero-order valence-electron chi connectivity index (χ0n) is 15.4. The summed E-state index contributed by atoms with van der Waals surface area (Å²) >= 11 is 0. The zero-order chi connectivity index (χ0) is 18.0. The maximum Gasteiger partial charge on any atom is 0.223 e. The topological polar surface area (TPSA) is 70.4 Å². The van der Waals surface area contributed by atoms with Crippen LogP contribution in [0.1, 0.15) is 61.2 Å². The number of benzene rings is 1. The highest BCUT2D eigenvalue weighted by Gasteiger charge is 2.30. The fraction of sp³-hybridized carbons (Fsp3) is 0.450. The van der Waals surface area contributed by atoms with E-state index in [4.69, 9.17) is 0 Å². The van der Waals surface area contributed by atoms with Crippen molar-refractivity contribution >= 4 is 11.7 Å². The van der Waals surface area contributed by atoms with Crippen molar-refractivity contribution in [1.29, 1.82) is 0 Å². The van der Waals surface area contributed by atoms with Gasteiger partial charge in [-0.05, 0) is 43.2 Å². The SMILES string of the molecule is CC/C(=N/O)c1cnc(N[C@H]2c3cc(C)ccc3C[C@@H]2C)nc1CC. The number of anilines is 1. The van der Waals surface area contributed by atoms with E-state index in [9.17, 15) is 5.21 Å². The molecule has 0 radical (unpaired) electrons. The number of rotatable bonds is 5. The third-order valence-electron chi connectivity index (χ3n) is 5.00. The summed E-state index contributed by atoms with van der Waals surface area (Å²) in [5, 5.41) is 16.1. The Morgan fingerprint density at radius 3 is 2.84 bits per heavy atom. The van der Waals surface area contributed by atoms with Gasteiger partial charge < -0.3 is 10.5 Å². The van der Waals surface area contributed by atoms with E-state index < -0.39 is 0 Å². The van der Waals surface area contributed by atoms with Crippen LogP contribution < -0.4 is 5.32 Å². The third kappa shape index (κ3) is 3.36. The molecule has 0 spiro atoms. The van der Waals surface area contributed by atoms with E-state index in [1.54, 1.807) is 6.20 Å². The molecule has 2 atom stereocenters. The van der Waals surface area contributed by atoms with Gasteiger partial charge in [-0.2, -0.15) is 0 Å². The molecule has 5 heteroatoms. The van der Waals surface area contributed by atoms with E-state index in [0.717, 1.165) is 24.1 Å². The molecule has 0 saturated heterocycles. The van der Waals surface area contributed by atoms with Gasteiger partial charge in [0.05, 0.1) is 17.4 Å². The fourth-order valence-corrected chi connectivity index (χ4v) is 3.63. The molecule has 2 aromatic rings. The molecule has 5 nitrogen and oxygen atoms in total. The number of aromatic nitrogens is 2. The molecule has 1 aliphatic carbocycles. The van der Waals surface area contributed by atoms with Crippen molar-refractivity contribution in [1.82, 2.24) is 9.97 Å². The predicted octanol–water partition coefficient (Wildman–Crippen LogP) is 4.28. The van der Waals surface area contributed by atoms with Gasteiger partial charge in [0.1, 0.15) is 0 Å². The van der Waals surface area contributed by atoms with E-state index in [2.05, 4.69) is 59.4 Å². The van der Waals surface area contributed by atoms with E-state index in [1.165, 1.54) is 16.7 Å². The summed E-state index contributed by atoms with van der Waals surface area (Å²) in [5.41, 5.74) is 6.39. The Morgan fingerprint density at radius 1 is 1.36 bits per heavy atom. The lowest BCUT2D eigenvalue weighted by molar-refractivity contribution is 0.318. The lowest BCUT2D eigenvalue weighted by Crippen LogP contribution is -2.18. The van der Waals surface area contributed by atoms with Crippen LogP contribution in [0, 0.1) is 12.8 Å². The summed E-state index contributed by atoms with van der Waals surface area (Å²) in [5.74, 6) is 1.13. The molecule has 132 valence electrons. The van der Waals surface area contributed by atoms with E-state index in [-0.39, 0.29) is 6.04 Å². The average molecular weight is 338 g/mol. The number of aryl methyl sites for hydroxylation is 2. The van der Waals surface area contributed by atoms with Crippen LogP contribution in [0.3, 0.4) is 0 Å². The van der Waals surface area contributed by atoms with Crippen LogP contribution in [-0.4, -0.2) is 20.9 Å². The van der Waals surface area contributed by atoms with Gasteiger partial charge in [0.2, 0.25) is 5.95 Å². The highest BCUT2D eigenvalue weighted by Crippen LogP contribution is 2.38. The summed E-state index contributed by atoms with van der Waals surface area (Å²) in [6.45, 7) is 8.40. The van der Waals surface area contributed by atoms with Crippen LogP contribution in [0.25, 0.3) is 0 Å². The molecule has 1 aromatic carbocycles. The molecule has 0 fully saturated rings. The summed E-state index contributed by atoms with van der Waals surface area (Å²) < 4.78 is 0. The summed E-state index contributed by atoms with van der Waals surface area (Å²) in [4.78, 5) is 9.17. The van der Waals surface area contributed by atoms with Crippen molar-refractivity contribution in [3.05, 3.63) is 52.3 Å². The molecule has 25 heavy (non-hydrogen) atoms. The quantitative estimate of drug-likeness (QED) is 0.485. The second-order valence-electron chi connectivity index (χ2n) is 6.81. The smallest absolute Gasteiger partial charge is 0.223 e. The Hall–Kier alpha value is -2.43. The van der Waals surface area contributed by atoms with Gasteiger partial charge in [0.15, 0.2) is 0 Å². The van der Waals surface area contributed by atoms with Crippen LogP contribution in [0.4, 0.5) is 5.95 Å². The Bertz CT molecular complexity index is 800. The van der Waals surface area contributed by atoms with Gasteiger partial charge >= 0.3 is 0 Å². The van der Waals surface area contributed by atoms with Crippen LogP contribution in [0.15, 0.2) is 29.6 Å². The van der Waals surface area contributed by atoms with Crippen molar-refractivity contribution < 1.29 is 5.21 Å². The van der Waals surface area contributed by atoms with Gasteiger partial charge in [-0.25, -0.2) is 9.97 Å². The molecule has 0 aliphatic heterocycles. The minimum atomic E-state index is 0.225. The standard InChI is InChI=1S/C20H26N4O/c1-5-17-16(18(6-2)24-25)11-21-20(22-17)23-19-13(4)10-14-8-7-12(3)9-15(14)19/h7-9,11,13,19,25H,5-6,10H2,1-4H3,(H,21,22,23)/b24-18-/t13-,19+/m0/s1. The zero-order valence-corrected chi connectivity index (χ0v) is 15.4. The van der Waals surface area contributed by atoms with Gasteiger partial charge in [-0.1, -0.05) is 49.7 Å². The molecule has 1 aromatic heterocycles. The first-order valence-corrected chi connectivity index (χ1v) is 9.00. The summed E-state index contributed by atoms with van der Waals surface area (Å²) in [6, 6.07) is 6.89. The largest absolute Gasteiger partial charge is 0.411 e. The second-order valence-corrected chi connectivity index (χ2v) is 6.81. The van der Waals surface area contributed by atoms with E-state index in [0.29, 0.717) is 24.0 Å². The lowest BCUT2D eigenvalue weighted by Gasteiger charge is -2.20. The average Bonchev–Trinajstić information content (AvgIpc) is 2.92. The van der Waals surface area contributed by atoms with Crippen LogP contribution in [0.2, 0.25) is 0 Å². The minimum absolute atomic E-state index is 0.225. The number of hydrogen-bond acceptors (Lipinski definition) is 5. The molecule has 0 saturated carbocycles. The summed E-state index contributed by atoms with van der Waals surface area (Å²) in [7, 11) is 0. The fourth-order valence-electron chi connectivity index (χ4n) is 3.63. The third-order valence-corrected chi connectivity index (χ3v) is 5.00. The number of oxime groups is 1. The van der Waals surface area contributed by atoms with Gasteiger partial charge in [-0.3, -0.25) is 0 Å². The Morgan fingerprint density at radius 2 is 2.16 bits per heavy atom. The number of hydrogen-bond donors (Lipinski definition) is 2.